The van der Waals surface area contributed by atoms with Crippen LogP contribution in [0.25, 0.3) is 0 Å². The molecule has 0 radical (unpaired) electrons. The molecule has 1 aromatic rings. The average Bonchev–Trinajstić information content (AvgIpc) is 2.54. The molecular weight excluding hydrogens is 336 g/mol. The average molecular weight is 361 g/mol. The highest BCUT2D eigenvalue weighted by Gasteiger charge is 2.16. The van der Waals surface area contributed by atoms with Gasteiger partial charge in [-0.15, -0.1) is 24.2 Å². The third kappa shape index (κ3) is 6.12. The van der Waals surface area contributed by atoms with E-state index in [-0.39, 0.29) is 18.3 Å². The molecule has 3 N–H and O–H groups in total. The van der Waals surface area contributed by atoms with Crippen LogP contribution in [0.15, 0.2) is 17.0 Å². The Kier molecular flexibility index (Phi) is 9.21. The van der Waals surface area contributed by atoms with Crippen LogP contribution in [0.5, 0.6) is 11.5 Å². The Morgan fingerprint density at radius 2 is 1.83 bits per heavy atom. The van der Waals surface area contributed by atoms with Crippen LogP contribution in [-0.4, -0.2) is 31.9 Å². The van der Waals surface area contributed by atoms with Gasteiger partial charge >= 0.3 is 0 Å². The third-order valence-electron chi connectivity index (χ3n) is 3.50. The number of unbranched alkanes of at least 4 members (excludes halogenated alkanes) is 3. The molecule has 0 saturated carbocycles. The maximum atomic E-state index is 12.1. The summed E-state index contributed by atoms with van der Waals surface area (Å²) < 4.78 is 11.1. The van der Waals surface area contributed by atoms with E-state index in [1.807, 2.05) is 18.4 Å². The topological polar surface area (TPSA) is 73.6 Å². The lowest BCUT2D eigenvalue weighted by Gasteiger charge is -2.21. The number of thioether (sulfide) groups is 1. The normalized spacial score (nSPS) is 12.4. The van der Waals surface area contributed by atoms with Crippen molar-refractivity contribution in [3.05, 3.63) is 12.1 Å². The lowest BCUT2D eigenvalue weighted by molar-refractivity contribution is -0.116. The summed E-state index contributed by atoms with van der Waals surface area (Å²) in [5.74, 6) is 1.48. The van der Waals surface area contributed by atoms with Crippen LogP contribution in [0.2, 0.25) is 0 Å². The molecule has 1 aliphatic heterocycles. The Morgan fingerprint density at radius 1 is 1.17 bits per heavy atom. The maximum absolute atomic E-state index is 12.1. The molecule has 1 aromatic carbocycles. The number of nitrogens with two attached hydrogens (primary N) is 1. The van der Waals surface area contributed by atoms with Gasteiger partial charge in [0.2, 0.25) is 5.91 Å². The zero-order valence-corrected chi connectivity index (χ0v) is 15.1. The Labute approximate surface area is 148 Å². The molecule has 0 unspecified atom stereocenters. The summed E-state index contributed by atoms with van der Waals surface area (Å²) >= 11 is 1.58. The predicted octanol–water partition coefficient (Wildman–Crippen LogP) is 3.45. The summed E-state index contributed by atoms with van der Waals surface area (Å²) in [5.41, 5.74) is 6.25. The highest BCUT2D eigenvalue weighted by atomic mass is 35.5. The minimum absolute atomic E-state index is 0. The summed E-state index contributed by atoms with van der Waals surface area (Å²) in [6, 6.07) is 3.78. The fourth-order valence-electron chi connectivity index (χ4n) is 2.33. The summed E-state index contributed by atoms with van der Waals surface area (Å²) in [6.07, 6.45) is 6.57. The van der Waals surface area contributed by atoms with Crippen molar-refractivity contribution in [1.29, 1.82) is 0 Å². The van der Waals surface area contributed by atoms with Crippen molar-refractivity contribution >= 4 is 35.8 Å². The number of nitrogens with one attached hydrogen (secondary N) is 1. The van der Waals surface area contributed by atoms with Gasteiger partial charge < -0.3 is 20.5 Å². The first kappa shape index (κ1) is 19.9. The van der Waals surface area contributed by atoms with E-state index >= 15 is 0 Å². The lowest BCUT2D eigenvalue weighted by Crippen LogP contribution is -2.17. The Balaban J connectivity index is 0.00000264. The van der Waals surface area contributed by atoms with Crippen LogP contribution in [0, 0.1) is 0 Å². The highest BCUT2D eigenvalue weighted by molar-refractivity contribution is 7.98. The molecule has 23 heavy (non-hydrogen) atoms. The Morgan fingerprint density at radius 3 is 2.48 bits per heavy atom. The van der Waals surface area contributed by atoms with Gasteiger partial charge in [-0.25, -0.2) is 0 Å². The number of hydrogen-bond donors (Lipinski definition) is 2. The van der Waals surface area contributed by atoms with Gasteiger partial charge in [0.05, 0.1) is 5.69 Å². The number of anilines is 1. The molecule has 0 aromatic heterocycles. The molecule has 1 heterocycles. The molecule has 0 fully saturated rings. The molecule has 0 bridgehead atoms. The van der Waals surface area contributed by atoms with E-state index in [1.165, 1.54) is 0 Å². The van der Waals surface area contributed by atoms with E-state index < -0.39 is 0 Å². The van der Waals surface area contributed by atoms with Crippen LogP contribution < -0.4 is 20.5 Å². The number of ether oxygens (including phenoxy) is 2. The van der Waals surface area contributed by atoms with Crippen LogP contribution in [0.4, 0.5) is 5.69 Å². The molecule has 5 nitrogen and oxygen atoms in total. The van der Waals surface area contributed by atoms with Crippen LogP contribution in [0.3, 0.4) is 0 Å². The Bertz CT molecular complexity index is 514. The van der Waals surface area contributed by atoms with Gasteiger partial charge in [-0.05, 0) is 31.7 Å². The van der Waals surface area contributed by atoms with Crippen LogP contribution >= 0.6 is 24.2 Å². The van der Waals surface area contributed by atoms with Crippen LogP contribution in [0.1, 0.15) is 32.1 Å². The van der Waals surface area contributed by atoms with Gasteiger partial charge in [0.15, 0.2) is 11.5 Å². The second kappa shape index (κ2) is 10.6. The third-order valence-corrected chi connectivity index (χ3v) is 4.27. The Hall–Kier alpha value is -1.11. The van der Waals surface area contributed by atoms with Gasteiger partial charge in [0, 0.05) is 17.4 Å². The first-order valence-corrected chi connectivity index (χ1v) is 8.94. The van der Waals surface area contributed by atoms with Crippen LogP contribution in [-0.2, 0) is 4.79 Å². The minimum atomic E-state index is 0. The molecule has 0 aliphatic carbocycles. The number of carbonyl (C=O) groups excluding carboxylic acids is 1. The summed E-state index contributed by atoms with van der Waals surface area (Å²) in [4.78, 5) is 13.1. The number of fused-ring (bicyclic) bond motifs is 1. The van der Waals surface area contributed by atoms with Crippen molar-refractivity contribution in [1.82, 2.24) is 0 Å². The molecular formula is C16H25ClN2O3S. The quantitative estimate of drug-likeness (QED) is 0.548. The van der Waals surface area contributed by atoms with Crippen molar-refractivity contribution in [2.24, 2.45) is 5.73 Å². The van der Waals surface area contributed by atoms with E-state index in [2.05, 4.69) is 5.32 Å². The standard InChI is InChI=1S/C16H24N2O3S.ClH/c1-22-15-11-14-13(20-8-9-21-14)10-12(15)18-16(19)6-4-2-3-5-7-17;/h10-11H,2-9,17H2,1H3,(H,18,19);1H. The zero-order chi connectivity index (χ0) is 15.8. The van der Waals surface area contributed by atoms with E-state index in [4.69, 9.17) is 15.2 Å². The van der Waals surface area contributed by atoms with E-state index in [0.29, 0.717) is 25.4 Å². The second-order valence-corrected chi connectivity index (χ2v) is 6.05. The predicted molar refractivity (Wildman–Crippen MR) is 97.2 cm³/mol. The number of hydrogen-bond acceptors (Lipinski definition) is 5. The summed E-state index contributed by atoms with van der Waals surface area (Å²) in [5, 5.41) is 2.98. The highest BCUT2D eigenvalue weighted by Crippen LogP contribution is 2.39. The first-order valence-electron chi connectivity index (χ1n) is 7.72. The van der Waals surface area contributed by atoms with Crippen molar-refractivity contribution in [3.8, 4) is 11.5 Å². The first-order chi connectivity index (χ1) is 10.7. The molecule has 130 valence electrons. The van der Waals surface area contributed by atoms with Gasteiger partial charge in [-0.3, -0.25) is 4.79 Å². The molecule has 2 rings (SSSR count). The van der Waals surface area contributed by atoms with E-state index in [1.54, 1.807) is 11.8 Å². The number of carbonyl (C=O) groups is 1. The smallest absolute Gasteiger partial charge is 0.224 e. The summed E-state index contributed by atoms with van der Waals surface area (Å²) in [7, 11) is 0. The molecule has 0 atom stereocenters. The molecule has 1 amide bonds. The second-order valence-electron chi connectivity index (χ2n) is 5.20. The maximum Gasteiger partial charge on any atom is 0.224 e. The molecule has 0 spiro atoms. The number of amides is 1. The SMILES string of the molecule is CSc1cc2c(cc1NC(=O)CCCCCCN)OCCO2.Cl. The zero-order valence-electron chi connectivity index (χ0n) is 13.4. The summed E-state index contributed by atoms with van der Waals surface area (Å²) in [6.45, 7) is 1.83. The molecule has 1 aliphatic rings. The minimum Gasteiger partial charge on any atom is -0.486 e. The van der Waals surface area contributed by atoms with Gasteiger partial charge in [0.1, 0.15) is 13.2 Å². The molecule has 0 saturated heterocycles. The largest absolute Gasteiger partial charge is 0.486 e. The fraction of sp³-hybridized carbons (Fsp3) is 0.562. The monoisotopic (exact) mass is 360 g/mol. The number of benzene rings is 1. The van der Waals surface area contributed by atoms with Crippen molar-refractivity contribution in [2.75, 3.05) is 31.3 Å². The van der Waals surface area contributed by atoms with E-state index in [9.17, 15) is 4.79 Å². The number of halogens is 1. The van der Waals surface area contributed by atoms with Crippen molar-refractivity contribution in [3.63, 3.8) is 0 Å². The number of rotatable bonds is 8. The van der Waals surface area contributed by atoms with E-state index in [0.717, 1.165) is 48.6 Å². The van der Waals surface area contributed by atoms with Crippen molar-refractivity contribution < 1.29 is 14.3 Å². The lowest BCUT2D eigenvalue weighted by atomic mass is 10.1. The fourth-order valence-corrected chi connectivity index (χ4v) is 2.89. The van der Waals surface area contributed by atoms with Gasteiger partial charge in [0.25, 0.3) is 0 Å². The van der Waals surface area contributed by atoms with Crippen molar-refractivity contribution in [2.45, 2.75) is 37.0 Å². The molecule has 7 heteroatoms. The van der Waals surface area contributed by atoms with Gasteiger partial charge in [-0.2, -0.15) is 0 Å². The van der Waals surface area contributed by atoms with Gasteiger partial charge in [-0.1, -0.05) is 12.8 Å².